The third-order valence-electron chi connectivity index (χ3n) is 4.88. The smallest absolute Gasteiger partial charge is 0.336 e. The van der Waals surface area contributed by atoms with Crippen molar-refractivity contribution in [1.29, 1.82) is 0 Å². The van der Waals surface area contributed by atoms with E-state index in [0.717, 1.165) is 22.7 Å². The van der Waals surface area contributed by atoms with E-state index in [1.165, 1.54) is 12.1 Å². The van der Waals surface area contributed by atoms with Crippen LogP contribution in [0.5, 0.6) is 5.75 Å². The number of ether oxygens (including phenoxy) is 4. The fourth-order valence-corrected chi connectivity index (χ4v) is 4.56. The van der Waals surface area contributed by atoms with Crippen LogP contribution >= 0.6 is 49.0 Å². The Labute approximate surface area is 234 Å². The second-order valence-corrected chi connectivity index (χ2v) is 8.41. The van der Waals surface area contributed by atoms with E-state index in [4.69, 9.17) is 40.6 Å². The molecule has 4 atom stereocenters. The lowest BCUT2D eigenvalue weighted by Gasteiger charge is -2.40. The SMILES string of the molecule is Cc1cc(=O)oc2cc(O[C@@H]3SC[C@@H](OC(=O)CN)[C@H](OC(=O)CN)[C@H]3OC(=O)CN)ccc12.Cl.Cl.Cl. The summed E-state index contributed by atoms with van der Waals surface area (Å²) >= 11 is 1.16. The molecule has 0 amide bonds. The summed E-state index contributed by atoms with van der Waals surface area (Å²) in [6, 6.07) is 6.27. The number of fused-ring (bicyclic) bond motifs is 1. The van der Waals surface area contributed by atoms with Gasteiger partial charge in [-0.25, -0.2) is 4.79 Å². The first-order chi connectivity index (χ1) is 16.2. The molecule has 0 aliphatic carbocycles. The summed E-state index contributed by atoms with van der Waals surface area (Å²) in [5.74, 6) is -1.89. The molecule has 37 heavy (non-hydrogen) atoms. The Morgan fingerprint density at radius 3 is 2.08 bits per heavy atom. The Morgan fingerprint density at radius 1 is 0.919 bits per heavy atom. The maximum absolute atomic E-state index is 12.1. The highest BCUT2D eigenvalue weighted by Gasteiger charge is 2.48. The molecule has 1 aromatic heterocycles. The lowest BCUT2D eigenvalue weighted by molar-refractivity contribution is -0.187. The van der Waals surface area contributed by atoms with Crippen molar-refractivity contribution >= 4 is 77.9 Å². The first kappa shape index (κ1) is 34.7. The monoisotopic (exact) mass is 603 g/mol. The number of thioether (sulfide) groups is 1. The molecule has 12 nitrogen and oxygen atoms in total. The van der Waals surface area contributed by atoms with Gasteiger partial charge in [-0.2, -0.15) is 0 Å². The molecule has 1 saturated heterocycles. The highest BCUT2D eigenvalue weighted by atomic mass is 35.5. The van der Waals surface area contributed by atoms with Gasteiger partial charge in [-0.3, -0.25) is 14.4 Å². The third-order valence-corrected chi connectivity index (χ3v) is 6.09. The first-order valence-electron chi connectivity index (χ1n) is 10.3. The molecule has 0 bridgehead atoms. The van der Waals surface area contributed by atoms with Crippen molar-refractivity contribution in [1.82, 2.24) is 0 Å². The van der Waals surface area contributed by atoms with E-state index >= 15 is 0 Å². The Morgan fingerprint density at radius 2 is 1.49 bits per heavy atom. The lowest BCUT2D eigenvalue weighted by Crippen LogP contribution is -2.57. The van der Waals surface area contributed by atoms with Gasteiger partial charge in [0.2, 0.25) is 0 Å². The van der Waals surface area contributed by atoms with E-state index < -0.39 is 66.9 Å². The van der Waals surface area contributed by atoms with Gasteiger partial charge in [0.15, 0.2) is 23.7 Å². The zero-order chi connectivity index (χ0) is 24.8. The van der Waals surface area contributed by atoms with Crippen LogP contribution in [0.2, 0.25) is 0 Å². The van der Waals surface area contributed by atoms with Crippen molar-refractivity contribution in [2.45, 2.75) is 30.7 Å². The minimum Gasteiger partial charge on any atom is -0.476 e. The molecule has 0 radical (unpaired) electrons. The number of benzene rings is 1. The van der Waals surface area contributed by atoms with E-state index in [-0.39, 0.29) is 43.0 Å². The van der Waals surface area contributed by atoms with Gasteiger partial charge in [0.1, 0.15) is 11.3 Å². The van der Waals surface area contributed by atoms with E-state index in [0.29, 0.717) is 11.3 Å². The predicted molar refractivity (Wildman–Crippen MR) is 143 cm³/mol. The van der Waals surface area contributed by atoms with Gasteiger partial charge in [0.05, 0.1) is 19.6 Å². The lowest BCUT2D eigenvalue weighted by atomic mass is 10.1. The predicted octanol–water partition coefficient (Wildman–Crippen LogP) is 0.430. The molecule has 6 N–H and O–H groups in total. The molecule has 2 aromatic rings. The average molecular weight is 605 g/mol. The summed E-state index contributed by atoms with van der Waals surface area (Å²) in [4.78, 5) is 47.6. The van der Waals surface area contributed by atoms with Gasteiger partial charge in [-0.15, -0.1) is 49.0 Å². The third kappa shape index (κ3) is 8.92. The zero-order valence-electron chi connectivity index (χ0n) is 19.5. The molecule has 208 valence electrons. The first-order valence-corrected chi connectivity index (χ1v) is 11.3. The molecule has 1 aromatic carbocycles. The summed E-state index contributed by atoms with van der Waals surface area (Å²) < 4.78 is 27.4. The van der Waals surface area contributed by atoms with Crippen molar-refractivity contribution in [3.8, 4) is 5.75 Å². The van der Waals surface area contributed by atoms with Crippen LogP contribution in [0.4, 0.5) is 0 Å². The number of nitrogens with two attached hydrogens (primary N) is 3. The molecule has 0 unspecified atom stereocenters. The van der Waals surface area contributed by atoms with Crippen LogP contribution in [0.1, 0.15) is 5.56 Å². The minimum absolute atomic E-state index is 0. The largest absolute Gasteiger partial charge is 0.476 e. The Balaban J connectivity index is 0.00000432. The molecule has 16 heteroatoms. The average Bonchev–Trinajstić information content (AvgIpc) is 2.81. The van der Waals surface area contributed by atoms with Crippen LogP contribution in [0.25, 0.3) is 11.0 Å². The second-order valence-electron chi connectivity index (χ2n) is 7.28. The number of esters is 3. The molecule has 2 heterocycles. The van der Waals surface area contributed by atoms with Gasteiger partial charge >= 0.3 is 23.5 Å². The highest BCUT2D eigenvalue weighted by Crippen LogP contribution is 2.35. The Hall–Kier alpha value is -2.26. The number of hydrogen-bond acceptors (Lipinski definition) is 13. The van der Waals surface area contributed by atoms with Gasteiger partial charge in [0.25, 0.3) is 0 Å². The number of hydrogen-bond donors (Lipinski definition) is 3. The Kier molecular flexibility index (Phi) is 14.9. The summed E-state index contributed by atoms with van der Waals surface area (Å²) in [7, 11) is 0. The maximum Gasteiger partial charge on any atom is 0.336 e. The minimum atomic E-state index is -1.23. The Bertz CT molecular complexity index is 1140. The van der Waals surface area contributed by atoms with Crippen molar-refractivity contribution in [2.75, 3.05) is 25.4 Å². The molecule has 1 aliphatic rings. The van der Waals surface area contributed by atoms with Crippen molar-refractivity contribution in [3.63, 3.8) is 0 Å². The highest BCUT2D eigenvalue weighted by molar-refractivity contribution is 7.99. The molecule has 1 aliphatic heterocycles. The summed E-state index contributed by atoms with van der Waals surface area (Å²) in [5, 5.41) is 0.720. The van der Waals surface area contributed by atoms with Gasteiger partial charge in [0, 0.05) is 23.3 Å². The van der Waals surface area contributed by atoms with E-state index in [1.54, 1.807) is 19.1 Å². The van der Waals surface area contributed by atoms with E-state index in [9.17, 15) is 19.2 Å². The van der Waals surface area contributed by atoms with Gasteiger partial charge in [-0.1, -0.05) is 0 Å². The molecular formula is C21H28Cl3N3O9S. The van der Waals surface area contributed by atoms with Crippen molar-refractivity contribution < 1.29 is 37.7 Å². The van der Waals surface area contributed by atoms with E-state index in [1.807, 2.05) is 0 Å². The molecule has 3 rings (SSSR count). The van der Waals surface area contributed by atoms with Gasteiger partial charge < -0.3 is 40.6 Å². The second kappa shape index (κ2) is 15.9. The number of carbonyl (C=O) groups is 3. The van der Waals surface area contributed by atoms with Gasteiger partial charge in [-0.05, 0) is 24.6 Å². The van der Waals surface area contributed by atoms with Crippen LogP contribution < -0.4 is 27.6 Å². The molecule has 0 spiro atoms. The van der Waals surface area contributed by atoms with Crippen molar-refractivity contribution in [2.24, 2.45) is 17.2 Å². The summed E-state index contributed by atoms with van der Waals surface area (Å²) in [5.41, 5.74) is 15.7. The standard InChI is InChI=1S/C21H25N3O9S.3ClH/c1-10-4-15(25)30-13-5-11(2-3-12(10)13)29-21-20(33-18(28)8-24)19(32-17(27)7-23)14(9-34-21)31-16(26)6-22;;;/h2-5,14,19-21H,6-9,22-24H2,1H3;3*1H/t14-,19+,20-,21-;;;/m1.../s1. The van der Waals surface area contributed by atoms with E-state index in [2.05, 4.69) is 0 Å². The maximum atomic E-state index is 12.1. The molecule has 1 fully saturated rings. The van der Waals surface area contributed by atoms with Crippen LogP contribution in [-0.2, 0) is 28.6 Å². The zero-order valence-corrected chi connectivity index (χ0v) is 22.8. The summed E-state index contributed by atoms with van der Waals surface area (Å²) in [6.07, 6.45) is -3.42. The number of carbonyl (C=O) groups excluding carboxylic acids is 3. The van der Waals surface area contributed by atoms with Crippen LogP contribution in [0.3, 0.4) is 0 Å². The topological polar surface area (TPSA) is 196 Å². The van der Waals surface area contributed by atoms with Crippen LogP contribution in [-0.4, -0.2) is 67.0 Å². The fourth-order valence-electron chi connectivity index (χ4n) is 3.34. The van der Waals surface area contributed by atoms with Crippen LogP contribution in [0, 0.1) is 6.92 Å². The quantitative estimate of drug-likeness (QED) is 0.213. The molecular weight excluding hydrogens is 577 g/mol. The van der Waals surface area contributed by atoms with Crippen LogP contribution in [0.15, 0.2) is 33.5 Å². The fraction of sp³-hybridized carbons (Fsp3) is 0.429. The summed E-state index contributed by atoms with van der Waals surface area (Å²) in [6.45, 7) is 0.484. The molecule has 0 saturated carbocycles. The number of rotatable bonds is 8. The normalized spacial score (nSPS) is 20.3. The van der Waals surface area contributed by atoms with Crippen molar-refractivity contribution in [3.05, 3.63) is 40.2 Å². The number of aryl methyl sites for hydroxylation is 1. The number of halogens is 3.